The average molecular weight is 324 g/mol. The van der Waals surface area contributed by atoms with Gasteiger partial charge in [0.05, 0.1) is 30.8 Å². The first-order valence-corrected chi connectivity index (χ1v) is 7.48. The van der Waals surface area contributed by atoms with E-state index >= 15 is 0 Å². The molecule has 0 saturated carbocycles. The van der Waals surface area contributed by atoms with Gasteiger partial charge >= 0.3 is 5.97 Å². The highest BCUT2D eigenvalue weighted by Gasteiger charge is 2.37. The fourth-order valence-electron chi connectivity index (χ4n) is 2.98. The van der Waals surface area contributed by atoms with Crippen LogP contribution in [0.5, 0.6) is 0 Å². The number of aliphatic hydroxyl groups excluding tert-OH is 1. The fourth-order valence-corrected chi connectivity index (χ4v) is 3.15. The average Bonchev–Trinajstić information content (AvgIpc) is 2.99. The van der Waals surface area contributed by atoms with Crippen LogP contribution >= 0.6 is 11.6 Å². The molecule has 1 saturated heterocycles. The van der Waals surface area contributed by atoms with Crippen molar-refractivity contribution in [3.05, 3.63) is 29.0 Å². The molecule has 1 fully saturated rings. The summed E-state index contributed by atoms with van der Waals surface area (Å²) in [5.74, 6) is 0.499. The van der Waals surface area contributed by atoms with E-state index in [1.54, 1.807) is 0 Å². The van der Waals surface area contributed by atoms with Gasteiger partial charge in [0.15, 0.2) is 0 Å². The number of imidazole rings is 1. The van der Waals surface area contributed by atoms with E-state index in [-0.39, 0.29) is 5.97 Å². The minimum atomic E-state index is -0.520. The molecule has 1 N–H and O–H groups in total. The second kappa shape index (κ2) is 5.87. The van der Waals surface area contributed by atoms with Crippen LogP contribution in [0.15, 0.2) is 18.2 Å². The lowest BCUT2D eigenvalue weighted by Gasteiger charge is -2.21. The molecule has 0 unspecified atom stereocenters. The van der Waals surface area contributed by atoms with Crippen LogP contribution in [-0.4, -0.2) is 51.3 Å². The Labute approximate surface area is 133 Å². The predicted octanol–water partition coefficient (Wildman–Crippen LogP) is 1.33. The molecule has 3 rings (SSSR count). The van der Waals surface area contributed by atoms with Gasteiger partial charge in [0.1, 0.15) is 11.9 Å². The zero-order valence-corrected chi connectivity index (χ0v) is 13.2. The Balaban J connectivity index is 1.89. The van der Waals surface area contributed by atoms with E-state index in [4.69, 9.17) is 16.3 Å². The first-order valence-electron chi connectivity index (χ1n) is 7.10. The number of aliphatic hydroxyl groups is 1. The van der Waals surface area contributed by atoms with Crippen molar-refractivity contribution in [3.63, 3.8) is 0 Å². The van der Waals surface area contributed by atoms with Crippen LogP contribution in [-0.2, 0) is 23.1 Å². The highest BCUT2D eigenvalue weighted by molar-refractivity contribution is 6.31. The van der Waals surface area contributed by atoms with Gasteiger partial charge in [-0.15, -0.1) is 0 Å². The van der Waals surface area contributed by atoms with Gasteiger partial charge in [-0.05, 0) is 18.2 Å². The number of carbonyl (C=O) groups excluding carboxylic acids is 1. The molecule has 118 valence electrons. The molecule has 1 aliphatic rings. The van der Waals surface area contributed by atoms with Gasteiger partial charge in [0.2, 0.25) is 0 Å². The number of aryl methyl sites for hydroxylation is 1. The van der Waals surface area contributed by atoms with Crippen LogP contribution in [0.25, 0.3) is 11.0 Å². The van der Waals surface area contributed by atoms with Crippen molar-refractivity contribution in [1.82, 2.24) is 14.5 Å². The molecule has 2 atom stereocenters. The number of aromatic nitrogens is 2. The van der Waals surface area contributed by atoms with Gasteiger partial charge in [-0.1, -0.05) is 11.6 Å². The summed E-state index contributed by atoms with van der Waals surface area (Å²) in [5.41, 5.74) is 1.80. The number of esters is 1. The third-order valence-corrected chi connectivity index (χ3v) is 4.37. The molecule has 2 aromatic rings. The van der Waals surface area contributed by atoms with Crippen LogP contribution in [0.1, 0.15) is 12.2 Å². The molecule has 22 heavy (non-hydrogen) atoms. The zero-order chi connectivity index (χ0) is 15.9. The number of ether oxygens (including phenoxy) is 1. The van der Waals surface area contributed by atoms with Gasteiger partial charge in [-0.2, -0.15) is 0 Å². The quantitative estimate of drug-likeness (QED) is 0.863. The van der Waals surface area contributed by atoms with Crippen LogP contribution < -0.4 is 0 Å². The maximum atomic E-state index is 11.8. The minimum Gasteiger partial charge on any atom is -0.468 e. The summed E-state index contributed by atoms with van der Waals surface area (Å²) in [7, 11) is 3.29. The first-order chi connectivity index (χ1) is 10.5. The van der Waals surface area contributed by atoms with Gasteiger partial charge in [-0.25, -0.2) is 4.98 Å². The van der Waals surface area contributed by atoms with E-state index in [1.165, 1.54) is 7.11 Å². The topological polar surface area (TPSA) is 67.6 Å². The number of benzene rings is 1. The number of carbonyl (C=O) groups is 1. The van der Waals surface area contributed by atoms with Crippen molar-refractivity contribution in [2.75, 3.05) is 13.7 Å². The second-order valence-electron chi connectivity index (χ2n) is 5.58. The van der Waals surface area contributed by atoms with Crippen molar-refractivity contribution in [2.45, 2.75) is 25.1 Å². The van der Waals surface area contributed by atoms with E-state index in [0.29, 0.717) is 24.5 Å². The molecule has 0 amide bonds. The molecular formula is C15H18ClN3O3. The molecule has 1 aliphatic heterocycles. The Bertz CT molecular complexity index is 715. The third-order valence-electron chi connectivity index (χ3n) is 4.13. The zero-order valence-electron chi connectivity index (χ0n) is 12.5. The lowest BCUT2D eigenvalue weighted by atomic mass is 10.2. The molecule has 0 radical (unpaired) electrons. The molecule has 1 aromatic heterocycles. The standard InChI is InChI=1S/C15H18ClN3O3/c1-18-12-4-3-9(16)5-11(12)17-14(18)8-19-7-10(20)6-13(19)15(21)22-2/h3-5,10,13,20H,6-8H2,1-2H3/t10-,13-/m1/s1. The smallest absolute Gasteiger partial charge is 0.323 e. The van der Waals surface area contributed by atoms with E-state index in [0.717, 1.165) is 16.9 Å². The number of fused-ring (bicyclic) bond motifs is 1. The summed E-state index contributed by atoms with van der Waals surface area (Å²) in [5, 5.41) is 10.5. The highest BCUT2D eigenvalue weighted by Crippen LogP contribution is 2.24. The number of likely N-dealkylation sites (tertiary alicyclic amines) is 1. The molecule has 1 aromatic carbocycles. The number of hydrogen-bond acceptors (Lipinski definition) is 5. The van der Waals surface area contributed by atoms with Crippen LogP contribution in [0.3, 0.4) is 0 Å². The predicted molar refractivity (Wildman–Crippen MR) is 82.6 cm³/mol. The van der Waals surface area contributed by atoms with Gasteiger partial charge in [-0.3, -0.25) is 9.69 Å². The molecule has 0 spiro atoms. The normalized spacial score (nSPS) is 22.4. The summed E-state index contributed by atoms with van der Waals surface area (Å²) in [6, 6.07) is 5.14. The van der Waals surface area contributed by atoms with E-state index < -0.39 is 12.1 Å². The van der Waals surface area contributed by atoms with E-state index in [9.17, 15) is 9.90 Å². The SMILES string of the molecule is COC(=O)[C@H]1C[C@@H](O)CN1Cc1nc2cc(Cl)ccc2n1C. The fraction of sp³-hybridized carbons (Fsp3) is 0.467. The number of rotatable bonds is 3. The molecule has 2 heterocycles. The number of hydrogen-bond donors (Lipinski definition) is 1. The first kappa shape index (κ1) is 15.3. The minimum absolute atomic E-state index is 0.321. The molecule has 0 bridgehead atoms. The van der Waals surface area contributed by atoms with Crippen LogP contribution in [0, 0.1) is 0 Å². The largest absolute Gasteiger partial charge is 0.468 e. The lowest BCUT2D eigenvalue weighted by Crippen LogP contribution is -2.37. The Morgan fingerprint density at radius 1 is 1.55 bits per heavy atom. The van der Waals surface area contributed by atoms with Crippen molar-refractivity contribution in [1.29, 1.82) is 0 Å². The Kier molecular flexibility index (Phi) is 4.08. The number of nitrogens with zero attached hydrogens (tertiary/aromatic N) is 3. The molecule has 7 heteroatoms. The molecular weight excluding hydrogens is 306 g/mol. The van der Waals surface area contributed by atoms with E-state index in [1.807, 2.05) is 34.7 Å². The number of halogens is 1. The summed E-state index contributed by atoms with van der Waals surface area (Å²) in [6.45, 7) is 0.906. The summed E-state index contributed by atoms with van der Waals surface area (Å²) in [4.78, 5) is 18.3. The second-order valence-corrected chi connectivity index (χ2v) is 6.01. The maximum absolute atomic E-state index is 11.8. The van der Waals surface area contributed by atoms with Crippen molar-refractivity contribution >= 4 is 28.6 Å². The summed E-state index contributed by atoms with van der Waals surface area (Å²) in [6.07, 6.45) is -0.129. The van der Waals surface area contributed by atoms with Crippen molar-refractivity contribution in [2.24, 2.45) is 7.05 Å². The van der Waals surface area contributed by atoms with Gasteiger partial charge < -0.3 is 14.4 Å². The van der Waals surface area contributed by atoms with Crippen LogP contribution in [0.4, 0.5) is 0 Å². The maximum Gasteiger partial charge on any atom is 0.323 e. The Hall–Kier alpha value is -1.63. The monoisotopic (exact) mass is 323 g/mol. The summed E-state index contributed by atoms with van der Waals surface area (Å²) >= 11 is 6.00. The molecule has 6 nitrogen and oxygen atoms in total. The lowest BCUT2D eigenvalue weighted by molar-refractivity contribution is -0.146. The van der Waals surface area contributed by atoms with E-state index in [2.05, 4.69) is 4.98 Å². The van der Waals surface area contributed by atoms with Crippen molar-refractivity contribution in [3.8, 4) is 0 Å². The molecule has 0 aliphatic carbocycles. The summed E-state index contributed by atoms with van der Waals surface area (Å²) < 4.78 is 6.80. The van der Waals surface area contributed by atoms with Crippen molar-refractivity contribution < 1.29 is 14.6 Å². The van der Waals surface area contributed by atoms with Gasteiger partial charge in [0.25, 0.3) is 0 Å². The third kappa shape index (κ3) is 2.69. The highest BCUT2D eigenvalue weighted by atomic mass is 35.5. The number of β-amino-alcohol motifs (C(OH)–C–C–N with tert-alkyl or cyclic N) is 1. The Morgan fingerprint density at radius 2 is 2.32 bits per heavy atom. The number of methoxy groups -OCH3 is 1. The van der Waals surface area contributed by atoms with Gasteiger partial charge in [0, 0.05) is 25.0 Å². The Morgan fingerprint density at radius 3 is 3.05 bits per heavy atom. The van der Waals surface area contributed by atoms with Crippen LogP contribution in [0.2, 0.25) is 5.02 Å².